The number of nitrogens with one attached hydrogen (secondary N) is 1. The number of anilines is 1. The number of methoxy groups -OCH3 is 1. The number of rotatable bonds is 6. The number of ether oxygens (including phenoxy) is 1. The Labute approximate surface area is 147 Å². The Kier molecular flexibility index (Phi) is 5.27. The van der Waals surface area contributed by atoms with Gasteiger partial charge in [-0.15, -0.1) is 0 Å². The van der Waals surface area contributed by atoms with Gasteiger partial charge in [0.25, 0.3) is 0 Å². The molecule has 0 aliphatic heterocycles. The molecule has 0 unspecified atom stereocenters. The molecule has 0 saturated heterocycles. The lowest BCUT2D eigenvalue weighted by molar-refractivity contribution is 0.104. The van der Waals surface area contributed by atoms with Crippen molar-refractivity contribution in [2.45, 2.75) is 0 Å². The van der Waals surface area contributed by atoms with Crippen molar-refractivity contribution >= 4 is 11.5 Å². The maximum absolute atomic E-state index is 12.2. The van der Waals surface area contributed by atoms with Gasteiger partial charge >= 0.3 is 0 Å². The zero-order valence-corrected chi connectivity index (χ0v) is 14.0. The average Bonchev–Trinajstić information content (AvgIpc) is 2.69. The van der Waals surface area contributed by atoms with Gasteiger partial charge in [-0.3, -0.25) is 4.79 Å². The topological polar surface area (TPSA) is 38.3 Å². The van der Waals surface area contributed by atoms with Crippen LogP contribution in [-0.2, 0) is 0 Å². The molecule has 0 bridgehead atoms. The van der Waals surface area contributed by atoms with E-state index in [1.807, 2.05) is 66.7 Å². The summed E-state index contributed by atoms with van der Waals surface area (Å²) >= 11 is 0. The third kappa shape index (κ3) is 4.36. The summed E-state index contributed by atoms with van der Waals surface area (Å²) < 4.78 is 5.11. The van der Waals surface area contributed by atoms with Crippen LogP contribution in [0.2, 0.25) is 0 Å². The molecule has 1 N–H and O–H groups in total. The van der Waals surface area contributed by atoms with Crippen LogP contribution >= 0.6 is 0 Å². The molecular formula is C22H19NO2. The van der Waals surface area contributed by atoms with E-state index < -0.39 is 0 Å². The predicted octanol–water partition coefficient (Wildman–Crippen LogP) is 5.17. The van der Waals surface area contributed by atoms with Crippen LogP contribution in [0, 0.1) is 0 Å². The van der Waals surface area contributed by atoms with E-state index in [4.69, 9.17) is 4.74 Å². The van der Waals surface area contributed by atoms with Gasteiger partial charge in [0.05, 0.1) is 7.11 Å². The monoisotopic (exact) mass is 329 g/mol. The van der Waals surface area contributed by atoms with E-state index in [0.29, 0.717) is 5.56 Å². The van der Waals surface area contributed by atoms with Crippen molar-refractivity contribution in [3.05, 3.63) is 96.7 Å². The third-order valence-corrected chi connectivity index (χ3v) is 3.85. The smallest absolute Gasteiger partial charge is 0.187 e. The number of allylic oxidation sites excluding steroid dienone is 1. The highest BCUT2D eigenvalue weighted by atomic mass is 16.5. The second kappa shape index (κ2) is 7.97. The highest BCUT2D eigenvalue weighted by molar-refractivity contribution is 6.04. The summed E-state index contributed by atoms with van der Waals surface area (Å²) in [5.41, 5.74) is 3.78. The third-order valence-electron chi connectivity index (χ3n) is 3.85. The fourth-order valence-corrected chi connectivity index (χ4v) is 2.45. The van der Waals surface area contributed by atoms with Crippen LogP contribution in [-0.4, -0.2) is 12.9 Å². The maximum atomic E-state index is 12.2. The first-order valence-corrected chi connectivity index (χ1v) is 8.03. The zero-order chi connectivity index (χ0) is 17.5. The number of benzene rings is 3. The molecule has 0 saturated carbocycles. The molecule has 0 aromatic heterocycles. The SMILES string of the molecule is COc1ccc(N/C=C/C(=O)c2ccc(-c3ccccc3)cc2)cc1. The fourth-order valence-electron chi connectivity index (χ4n) is 2.45. The molecule has 0 aliphatic carbocycles. The molecule has 124 valence electrons. The van der Waals surface area contributed by atoms with Crippen molar-refractivity contribution in [3.8, 4) is 16.9 Å². The summed E-state index contributed by atoms with van der Waals surface area (Å²) in [5, 5.41) is 3.08. The fraction of sp³-hybridized carbons (Fsp3) is 0.0455. The van der Waals surface area contributed by atoms with Gasteiger partial charge in [0.2, 0.25) is 0 Å². The normalized spacial score (nSPS) is 10.6. The van der Waals surface area contributed by atoms with Crippen LogP contribution in [0.25, 0.3) is 11.1 Å². The van der Waals surface area contributed by atoms with Crippen LogP contribution in [0.1, 0.15) is 10.4 Å². The first-order chi connectivity index (χ1) is 12.3. The van der Waals surface area contributed by atoms with Gasteiger partial charge in [-0.2, -0.15) is 0 Å². The van der Waals surface area contributed by atoms with Crippen molar-refractivity contribution in [1.82, 2.24) is 0 Å². The average molecular weight is 329 g/mol. The van der Waals surface area contributed by atoms with Gasteiger partial charge in [0, 0.05) is 23.5 Å². The van der Waals surface area contributed by atoms with Crippen molar-refractivity contribution in [3.63, 3.8) is 0 Å². The van der Waals surface area contributed by atoms with Crippen molar-refractivity contribution < 1.29 is 9.53 Å². The molecule has 0 atom stereocenters. The van der Waals surface area contributed by atoms with E-state index in [1.165, 1.54) is 6.08 Å². The highest BCUT2D eigenvalue weighted by Gasteiger charge is 2.02. The molecule has 3 rings (SSSR count). The van der Waals surface area contributed by atoms with Crippen molar-refractivity contribution in [2.75, 3.05) is 12.4 Å². The minimum absolute atomic E-state index is 0.0411. The lowest BCUT2D eigenvalue weighted by Gasteiger charge is -2.03. The molecule has 3 nitrogen and oxygen atoms in total. The summed E-state index contributed by atoms with van der Waals surface area (Å²) in [7, 11) is 1.63. The van der Waals surface area contributed by atoms with E-state index in [1.54, 1.807) is 13.3 Å². The Bertz CT molecular complexity index is 851. The first kappa shape index (κ1) is 16.5. The van der Waals surface area contributed by atoms with Gasteiger partial charge in [-0.25, -0.2) is 0 Å². The maximum Gasteiger partial charge on any atom is 0.187 e. The van der Waals surface area contributed by atoms with Gasteiger partial charge < -0.3 is 10.1 Å². The Morgan fingerprint density at radius 3 is 2.12 bits per heavy atom. The number of hydrogen-bond acceptors (Lipinski definition) is 3. The Balaban J connectivity index is 1.62. The first-order valence-electron chi connectivity index (χ1n) is 8.03. The van der Waals surface area contributed by atoms with E-state index >= 15 is 0 Å². The van der Waals surface area contributed by atoms with Crippen LogP contribution in [0.4, 0.5) is 5.69 Å². The lowest BCUT2D eigenvalue weighted by atomic mass is 10.0. The van der Waals surface area contributed by atoms with Crippen molar-refractivity contribution in [2.24, 2.45) is 0 Å². The molecule has 25 heavy (non-hydrogen) atoms. The van der Waals surface area contributed by atoms with E-state index in [0.717, 1.165) is 22.6 Å². The summed E-state index contributed by atoms with van der Waals surface area (Å²) in [5.74, 6) is 0.754. The van der Waals surface area contributed by atoms with Gasteiger partial charge in [-0.1, -0.05) is 54.6 Å². The lowest BCUT2D eigenvalue weighted by Crippen LogP contribution is -1.96. The summed E-state index contributed by atoms with van der Waals surface area (Å²) in [6.07, 6.45) is 3.18. The highest BCUT2D eigenvalue weighted by Crippen LogP contribution is 2.19. The van der Waals surface area contributed by atoms with Crippen LogP contribution in [0.3, 0.4) is 0 Å². The number of carbonyl (C=O) groups is 1. The van der Waals surface area contributed by atoms with Crippen LogP contribution < -0.4 is 10.1 Å². The molecule has 3 aromatic carbocycles. The van der Waals surface area contributed by atoms with Crippen molar-refractivity contribution in [1.29, 1.82) is 0 Å². The van der Waals surface area contributed by atoms with Gasteiger partial charge in [0.1, 0.15) is 5.75 Å². The second-order valence-corrected chi connectivity index (χ2v) is 5.51. The molecule has 0 spiro atoms. The minimum Gasteiger partial charge on any atom is -0.497 e. The molecule has 0 radical (unpaired) electrons. The van der Waals surface area contributed by atoms with Crippen LogP contribution in [0.15, 0.2) is 91.1 Å². The second-order valence-electron chi connectivity index (χ2n) is 5.51. The molecule has 0 fully saturated rings. The zero-order valence-electron chi connectivity index (χ0n) is 14.0. The molecule has 0 aliphatic rings. The van der Waals surface area contributed by atoms with Crippen LogP contribution in [0.5, 0.6) is 5.75 Å². The Morgan fingerprint density at radius 1 is 0.840 bits per heavy atom. The molecule has 0 amide bonds. The Hall–Kier alpha value is -3.33. The molecule has 0 heterocycles. The summed E-state index contributed by atoms with van der Waals surface area (Å²) in [6.45, 7) is 0. The van der Waals surface area contributed by atoms with E-state index in [9.17, 15) is 4.79 Å². The molecule has 3 aromatic rings. The quantitative estimate of drug-likeness (QED) is 0.501. The standard InChI is InChI=1S/C22H19NO2/c1-25-21-13-11-20(12-14-21)23-16-15-22(24)19-9-7-18(8-10-19)17-5-3-2-4-6-17/h2-16,23H,1H3/b16-15+. The number of ketones is 1. The number of carbonyl (C=O) groups excluding carboxylic acids is 1. The van der Waals surface area contributed by atoms with Gasteiger partial charge in [0.15, 0.2) is 5.78 Å². The number of hydrogen-bond donors (Lipinski definition) is 1. The largest absolute Gasteiger partial charge is 0.497 e. The summed E-state index contributed by atoms with van der Waals surface area (Å²) in [6, 6.07) is 25.2. The molecule has 3 heteroatoms. The predicted molar refractivity (Wildman–Crippen MR) is 102 cm³/mol. The summed E-state index contributed by atoms with van der Waals surface area (Å²) in [4.78, 5) is 12.2. The Morgan fingerprint density at radius 2 is 1.48 bits per heavy atom. The van der Waals surface area contributed by atoms with E-state index in [2.05, 4.69) is 17.4 Å². The van der Waals surface area contributed by atoms with E-state index in [-0.39, 0.29) is 5.78 Å². The minimum atomic E-state index is -0.0411. The van der Waals surface area contributed by atoms with Gasteiger partial charge in [-0.05, 0) is 35.4 Å². The molecular weight excluding hydrogens is 310 g/mol.